The highest BCUT2D eigenvalue weighted by molar-refractivity contribution is 6.28. The van der Waals surface area contributed by atoms with Crippen molar-refractivity contribution in [3.05, 3.63) is 40.4 Å². The van der Waals surface area contributed by atoms with Crippen molar-refractivity contribution in [2.45, 2.75) is 52.8 Å². The van der Waals surface area contributed by atoms with Gasteiger partial charge in [-0.05, 0) is 52.2 Å². The molecule has 9 heteroatoms. The lowest BCUT2D eigenvalue weighted by atomic mass is 9.83. The summed E-state index contributed by atoms with van der Waals surface area (Å²) in [5.74, 6) is -3.11. The van der Waals surface area contributed by atoms with Gasteiger partial charge in [0.2, 0.25) is 5.78 Å². The zero-order valence-electron chi connectivity index (χ0n) is 16.8. The minimum Gasteiger partial charge on any atom is -0.511 e. The smallest absolute Gasteiger partial charge is 0.433 e. The summed E-state index contributed by atoms with van der Waals surface area (Å²) in [6.07, 6.45) is -3.19. The molecular weight excluding hydrogens is 403 g/mol. The molecule has 0 radical (unpaired) electrons. The fourth-order valence-corrected chi connectivity index (χ4v) is 3.69. The third-order valence-electron chi connectivity index (χ3n) is 5.38. The molecule has 0 spiro atoms. The van der Waals surface area contributed by atoms with Gasteiger partial charge in [-0.3, -0.25) is 14.4 Å². The average Bonchev–Trinajstić information content (AvgIpc) is 3.10. The van der Waals surface area contributed by atoms with Gasteiger partial charge in [0.1, 0.15) is 23.6 Å². The van der Waals surface area contributed by atoms with Crippen molar-refractivity contribution in [3.63, 3.8) is 0 Å². The molecule has 162 valence electrons. The van der Waals surface area contributed by atoms with Gasteiger partial charge in [0.05, 0.1) is 11.1 Å². The van der Waals surface area contributed by atoms with E-state index < -0.39 is 52.7 Å². The average molecular weight is 425 g/mol. The van der Waals surface area contributed by atoms with Crippen molar-refractivity contribution in [1.29, 1.82) is 0 Å². The zero-order valence-corrected chi connectivity index (χ0v) is 16.8. The molecule has 1 N–H and O–H groups in total. The van der Waals surface area contributed by atoms with Crippen LogP contribution in [-0.2, 0) is 27.1 Å². The maximum atomic E-state index is 13.1. The molecule has 2 atom stereocenters. The lowest BCUT2D eigenvalue weighted by Crippen LogP contribution is -2.28. The summed E-state index contributed by atoms with van der Waals surface area (Å²) in [7, 11) is 0. The fourth-order valence-electron chi connectivity index (χ4n) is 3.69. The van der Waals surface area contributed by atoms with E-state index in [1.165, 1.54) is 0 Å². The second-order valence-electron chi connectivity index (χ2n) is 8.68. The first-order valence-corrected chi connectivity index (χ1v) is 9.57. The largest absolute Gasteiger partial charge is 0.511 e. The molecule has 6 nitrogen and oxygen atoms in total. The number of halogens is 3. The summed E-state index contributed by atoms with van der Waals surface area (Å²) in [6, 6.07) is 1.53. The van der Waals surface area contributed by atoms with Gasteiger partial charge in [-0.25, -0.2) is 4.98 Å². The summed E-state index contributed by atoms with van der Waals surface area (Å²) >= 11 is 0. The molecule has 1 aromatic rings. The number of carbonyl (C=O) groups is 3. The SMILES string of the molecule is CC(C)(C)C(=O)OCc1nc(C(F)(F)F)ccc1C(=O)C1=C(O)C2CCC(C2)C1=O. The van der Waals surface area contributed by atoms with Gasteiger partial charge in [-0.1, -0.05) is 0 Å². The first kappa shape index (κ1) is 22.0. The molecule has 2 unspecified atom stereocenters. The van der Waals surface area contributed by atoms with Crippen LogP contribution in [0.1, 0.15) is 61.8 Å². The number of aliphatic hydroxyl groups excluding tert-OH is 1. The van der Waals surface area contributed by atoms with Gasteiger partial charge in [-0.15, -0.1) is 0 Å². The molecule has 1 fully saturated rings. The van der Waals surface area contributed by atoms with Crippen LogP contribution < -0.4 is 0 Å². The molecule has 30 heavy (non-hydrogen) atoms. The normalized spacial score (nSPS) is 21.7. The van der Waals surface area contributed by atoms with E-state index in [-0.39, 0.29) is 23.2 Å². The Bertz CT molecular complexity index is 943. The maximum Gasteiger partial charge on any atom is 0.433 e. The summed E-state index contributed by atoms with van der Waals surface area (Å²) in [6.45, 7) is 4.04. The number of ketones is 2. The first-order chi connectivity index (χ1) is 13.8. The topological polar surface area (TPSA) is 93.6 Å². The Kier molecular flexibility index (Phi) is 5.51. The summed E-state index contributed by atoms with van der Waals surface area (Å²) in [5.41, 5.74) is -3.29. The van der Waals surface area contributed by atoms with Crippen LogP contribution in [0, 0.1) is 17.3 Å². The number of allylic oxidation sites excluding steroid dienone is 2. The molecule has 2 aliphatic rings. The highest BCUT2D eigenvalue weighted by atomic mass is 19.4. The number of aromatic nitrogens is 1. The van der Waals surface area contributed by atoms with E-state index >= 15 is 0 Å². The number of alkyl halides is 3. The van der Waals surface area contributed by atoms with Gasteiger partial charge in [0, 0.05) is 17.4 Å². The molecule has 2 aliphatic carbocycles. The Morgan fingerprint density at radius 2 is 1.80 bits per heavy atom. The van der Waals surface area contributed by atoms with Crippen LogP contribution in [0.15, 0.2) is 23.5 Å². The number of rotatable bonds is 4. The monoisotopic (exact) mass is 425 g/mol. The van der Waals surface area contributed by atoms with Crippen LogP contribution in [0.3, 0.4) is 0 Å². The third kappa shape index (κ3) is 4.11. The Morgan fingerprint density at radius 3 is 2.40 bits per heavy atom. The van der Waals surface area contributed by atoms with Gasteiger partial charge in [0.15, 0.2) is 5.78 Å². The van der Waals surface area contributed by atoms with Crippen LogP contribution in [0.2, 0.25) is 0 Å². The van der Waals surface area contributed by atoms with Gasteiger partial charge in [0.25, 0.3) is 0 Å². The maximum absolute atomic E-state index is 13.1. The lowest BCUT2D eigenvalue weighted by Gasteiger charge is -2.22. The number of Topliss-reactive ketones (excluding diaryl/α,β-unsaturated/α-hetero) is 2. The van der Waals surface area contributed by atoms with Crippen molar-refractivity contribution < 1.29 is 37.4 Å². The Hall–Kier alpha value is -2.71. The molecule has 1 heterocycles. The Labute approximate surface area is 171 Å². The van der Waals surface area contributed by atoms with Crippen LogP contribution in [0.4, 0.5) is 13.2 Å². The highest BCUT2D eigenvalue weighted by Gasteiger charge is 2.44. The lowest BCUT2D eigenvalue weighted by molar-refractivity contribution is -0.154. The number of carbonyl (C=O) groups excluding carboxylic acids is 3. The number of hydrogen-bond acceptors (Lipinski definition) is 6. The molecule has 3 rings (SSSR count). The second kappa shape index (κ2) is 7.52. The second-order valence-corrected chi connectivity index (χ2v) is 8.68. The van der Waals surface area contributed by atoms with E-state index in [0.29, 0.717) is 25.3 Å². The van der Waals surface area contributed by atoms with Crippen molar-refractivity contribution >= 4 is 17.5 Å². The van der Waals surface area contributed by atoms with Gasteiger partial charge >= 0.3 is 12.1 Å². The van der Waals surface area contributed by atoms with E-state index in [9.17, 15) is 32.7 Å². The third-order valence-corrected chi connectivity index (χ3v) is 5.38. The standard InChI is InChI=1S/C21H22F3NO5/c1-20(2,3)19(29)30-9-13-12(6-7-14(25-13)21(22,23)24)18(28)15-16(26)10-4-5-11(8-10)17(15)27/h6-7,10-11,26H,4-5,8-9H2,1-3H3. The number of esters is 1. The quantitative estimate of drug-likeness (QED) is 0.442. The van der Waals surface area contributed by atoms with Crippen LogP contribution in [-0.4, -0.2) is 27.6 Å². The van der Waals surface area contributed by atoms with Crippen molar-refractivity contribution in [2.75, 3.05) is 0 Å². The number of hydrogen-bond donors (Lipinski definition) is 1. The van der Waals surface area contributed by atoms with Gasteiger partial charge in [-0.2, -0.15) is 13.2 Å². The first-order valence-electron chi connectivity index (χ1n) is 9.57. The van der Waals surface area contributed by atoms with E-state index in [0.717, 1.165) is 6.07 Å². The summed E-state index contributed by atoms with van der Waals surface area (Å²) in [5, 5.41) is 10.4. The molecule has 0 amide bonds. The number of fused-ring (bicyclic) bond motifs is 2. The minimum absolute atomic E-state index is 0.305. The number of ether oxygens (including phenoxy) is 1. The number of aliphatic hydroxyl groups is 1. The van der Waals surface area contributed by atoms with Crippen LogP contribution in [0.5, 0.6) is 0 Å². The number of pyridine rings is 1. The predicted octanol–water partition coefficient (Wildman–Crippen LogP) is 4.18. The van der Waals surface area contributed by atoms with Crippen molar-refractivity contribution in [2.24, 2.45) is 17.3 Å². The van der Waals surface area contributed by atoms with E-state index in [2.05, 4.69) is 4.98 Å². The summed E-state index contributed by atoms with van der Waals surface area (Å²) < 4.78 is 44.4. The molecule has 1 aromatic heterocycles. The van der Waals surface area contributed by atoms with Crippen LogP contribution >= 0.6 is 0 Å². The molecule has 1 saturated carbocycles. The van der Waals surface area contributed by atoms with Gasteiger partial charge < -0.3 is 9.84 Å². The Morgan fingerprint density at radius 1 is 1.17 bits per heavy atom. The molecule has 2 bridgehead atoms. The van der Waals surface area contributed by atoms with E-state index in [4.69, 9.17) is 4.74 Å². The van der Waals surface area contributed by atoms with Crippen molar-refractivity contribution in [3.8, 4) is 0 Å². The van der Waals surface area contributed by atoms with E-state index in [1.807, 2.05) is 0 Å². The molecule has 0 saturated heterocycles. The molecule has 0 aromatic carbocycles. The van der Waals surface area contributed by atoms with Crippen molar-refractivity contribution in [1.82, 2.24) is 4.98 Å². The minimum atomic E-state index is -4.77. The van der Waals surface area contributed by atoms with E-state index in [1.54, 1.807) is 20.8 Å². The fraction of sp³-hybridized carbons (Fsp3) is 0.524. The molecular formula is C21H22F3NO5. The summed E-state index contributed by atoms with van der Waals surface area (Å²) in [4.78, 5) is 41.2. The molecule has 0 aliphatic heterocycles. The zero-order chi connectivity index (χ0) is 22.4. The predicted molar refractivity (Wildman–Crippen MR) is 98.3 cm³/mol. The Balaban J connectivity index is 2.01. The van der Waals surface area contributed by atoms with Crippen LogP contribution in [0.25, 0.3) is 0 Å². The number of nitrogens with zero attached hydrogens (tertiary/aromatic N) is 1. The highest BCUT2D eigenvalue weighted by Crippen LogP contribution is 2.43.